The molecular weight excluding hydrogens is 258 g/mol. The van der Waals surface area contributed by atoms with Crippen LogP contribution in [0.15, 0.2) is 46.9 Å². The van der Waals surface area contributed by atoms with E-state index in [-0.39, 0.29) is 0 Å². The molecule has 19 heavy (non-hydrogen) atoms. The Morgan fingerprint density at radius 2 is 2.05 bits per heavy atom. The van der Waals surface area contributed by atoms with E-state index in [1.165, 1.54) is 0 Å². The van der Waals surface area contributed by atoms with Crippen molar-refractivity contribution in [2.24, 2.45) is 0 Å². The van der Waals surface area contributed by atoms with E-state index < -0.39 is 0 Å². The van der Waals surface area contributed by atoms with Gasteiger partial charge in [-0.1, -0.05) is 18.2 Å². The molecule has 0 atom stereocenters. The lowest BCUT2D eigenvalue weighted by molar-refractivity contribution is 0.545. The molecule has 2 aromatic heterocycles. The zero-order valence-corrected chi connectivity index (χ0v) is 11.3. The van der Waals surface area contributed by atoms with Gasteiger partial charge in [-0.3, -0.25) is 4.57 Å². The fourth-order valence-corrected chi connectivity index (χ4v) is 2.22. The summed E-state index contributed by atoms with van der Waals surface area (Å²) in [5.74, 6) is 0.826. The van der Waals surface area contributed by atoms with Crippen LogP contribution in [0, 0.1) is 11.8 Å². The molecular formula is C14H13N3OS. The van der Waals surface area contributed by atoms with Gasteiger partial charge in [-0.15, -0.1) is 0 Å². The van der Waals surface area contributed by atoms with Gasteiger partial charge in [0.25, 0.3) is 4.84 Å². The van der Waals surface area contributed by atoms with E-state index >= 15 is 0 Å². The highest BCUT2D eigenvalue weighted by Crippen LogP contribution is 2.17. The second kappa shape index (κ2) is 4.85. The minimum Gasteiger partial charge on any atom is -0.429 e. The first kappa shape index (κ1) is 11.9. The molecule has 5 heteroatoms. The van der Waals surface area contributed by atoms with Gasteiger partial charge in [-0.25, -0.2) is 4.98 Å². The highest BCUT2D eigenvalue weighted by molar-refractivity contribution is 7.71. The van der Waals surface area contributed by atoms with E-state index in [1.807, 2.05) is 54.0 Å². The van der Waals surface area contributed by atoms with Crippen LogP contribution in [-0.4, -0.2) is 9.55 Å². The van der Waals surface area contributed by atoms with Gasteiger partial charge in [0.15, 0.2) is 5.58 Å². The first-order valence-corrected chi connectivity index (χ1v) is 6.41. The first-order valence-electron chi connectivity index (χ1n) is 6.00. The number of aryl methyl sites for hydroxylation is 1. The van der Waals surface area contributed by atoms with Crippen LogP contribution in [0.2, 0.25) is 0 Å². The van der Waals surface area contributed by atoms with Gasteiger partial charge in [0.1, 0.15) is 5.82 Å². The molecule has 0 bridgehead atoms. The van der Waals surface area contributed by atoms with Gasteiger partial charge in [-0.2, -0.15) is 0 Å². The average molecular weight is 271 g/mol. The standard InChI is InChI=1S/C14H13N3OS/c1-10-5-4-8-13(16-10)15-9-17-11-6-2-3-7-12(11)18-14(17)19/h2-8H,9H2,1H3,(H,15,16). The minimum absolute atomic E-state index is 0.460. The molecule has 0 saturated heterocycles. The van der Waals surface area contributed by atoms with Crippen molar-refractivity contribution >= 4 is 29.1 Å². The molecule has 0 fully saturated rings. The lowest BCUT2D eigenvalue weighted by atomic mass is 10.3. The third kappa shape index (κ3) is 2.37. The number of benzene rings is 1. The molecule has 0 saturated carbocycles. The molecule has 3 rings (SSSR count). The van der Waals surface area contributed by atoms with Crippen molar-refractivity contribution < 1.29 is 4.42 Å². The van der Waals surface area contributed by atoms with Crippen molar-refractivity contribution in [3.05, 3.63) is 53.0 Å². The maximum atomic E-state index is 5.53. The number of hydrogen-bond acceptors (Lipinski definition) is 4. The van der Waals surface area contributed by atoms with Crippen molar-refractivity contribution in [3.63, 3.8) is 0 Å². The monoisotopic (exact) mass is 271 g/mol. The number of oxazole rings is 1. The number of aromatic nitrogens is 2. The van der Waals surface area contributed by atoms with E-state index in [0.717, 1.165) is 22.6 Å². The van der Waals surface area contributed by atoms with E-state index in [4.69, 9.17) is 16.6 Å². The highest BCUT2D eigenvalue weighted by Gasteiger charge is 2.05. The quantitative estimate of drug-likeness (QED) is 0.737. The SMILES string of the molecule is Cc1cccc(NCn2c(=S)oc3ccccc32)n1. The first-order chi connectivity index (χ1) is 9.24. The topological polar surface area (TPSA) is 43.0 Å². The Kier molecular flexibility index (Phi) is 3.05. The summed E-state index contributed by atoms with van der Waals surface area (Å²) in [5, 5.41) is 3.25. The van der Waals surface area contributed by atoms with Crippen LogP contribution in [-0.2, 0) is 6.67 Å². The fourth-order valence-electron chi connectivity index (χ4n) is 1.97. The van der Waals surface area contributed by atoms with Crippen LogP contribution in [0.25, 0.3) is 11.1 Å². The summed E-state index contributed by atoms with van der Waals surface area (Å²) in [7, 11) is 0. The number of hydrogen-bond donors (Lipinski definition) is 1. The number of fused-ring (bicyclic) bond motifs is 1. The van der Waals surface area contributed by atoms with Crippen molar-refractivity contribution in [2.75, 3.05) is 5.32 Å². The second-order valence-corrected chi connectivity index (χ2v) is 4.61. The number of rotatable bonds is 3. The molecule has 96 valence electrons. The van der Waals surface area contributed by atoms with Gasteiger partial charge in [0.2, 0.25) is 0 Å². The summed E-state index contributed by atoms with van der Waals surface area (Å²) in [6.07, 6.45) is 0. The van der Waals surface area contributed by atoms with Crippen LogP contribution in [0.4, 0.5) is 5.82 Å². The summed E-state index contributed by atoms with van der Waals surface area (Å²) in [5.41, 5.74) is 2.75. The Balaban J connectivity index is 1.90. The maximum absolute atomic E-state index is 5.53. The van der Waals surface area contributed by atoms with Gasteiger partial charge in [0, 0.05) is 5.69 Å². The highest BCUT2D eigenvalue weighted by atomic mass is 32.1. The average Bonchev–Trinajstić information content (AvgIpc) is 2.72. The zero-order chi connectivity index (χ0) is 13.2. The molecule has 3 aromatic rings. The van der Waals surface area contributed by atoms with Crippen molar-refractivity contribution in [1.29, 1.82) is 0 Å². The molecule has 0 aliphatic carbocycles. The van der Waals surface area contributed by atoms with Gasteiger partial charge < -0.3 is 9.73 Å². The Morgan fingerprint density at radius 1 is 1.21 bits per heavy atom. The Bertz CT molecular complexity index is 775. The Hall–Kier alpha value is -2.14. The predicted molar refractivity (Wildman–Crippen MR) is 77.6 cm³/mol. The number of nitrogens with zero attached hydrogens (tertiary/aromatic N) is 2. The zero-order valence-electron chi connectivity index (χ0n) is 10.5. The molecule has 2 heterocycles. The second-order valence-electron chi connectivity index (χ2n) is 4.26. The molecule has 4 nitrogen and oxygen atoms in total. The molecule has 1 aromatic carbocycles. The van der Waals surface area contributed by atoms with Gasteiger partial charge in [-0.05, 0) is 43.4 Å². The summed E-state index contributed by atoms with van der Waals surface area (Å²) in [6, 6.07) is 13.7. The molecule has 0 amide bonds. The molecule has 1 N–H and O–H groups in total. The fraction of sp³-hybridized carbons (Fsp3) is 0.143. The Morgan fingerprint density at radius 3 is 2.89 bits per heavy atom. The van der Waals surface area contributed by atoms with Crippen molar-refractivity contribution in [2.45, 2.75) is 13.6 Å². The van der Waals surface area contributed by atoms with Crippen LogP contribution < -0.4 is 5.32 Å². The number of nitrogens with one attached hydrogen (secondary N) is 1. The molecule has 0 aliphatic heterocycles. The van der Waals surface area contributed by atoms with Crippen LogP contribution in [0.5, 0.6) is 0 Å². The minimum atomic E-state index is 0.460. The number of anilines is 1. The van der Waals surface area contributed by atoms with Crippen LogP contribution in [0.3, 0.4) is 0 Å². The van der Waals surface area contributed by atoms with E-state index in [9.17, 15) is 0 Å². The number of pyridine rings is 1. The molecule has 0 unspecified atom stereocenters. The maximum Gasteiger partial charge on any atom is 0.271 e. The Labute approximate surface area is 115 Å². The van der Waals surface area contributed by atoms with E-state index in [2.05, 4.69) is 10.3 Å². The third-order valence-corrected chi connectivity index (χ3v) is 3.18. The third-order valence-electron chi connectivity index (χ3n) is 2.88. The summed E-state index contributed by atoms with van der Waals surface area (Å²) in [4.78, 5) is 4.85. The largest absolute Gasteiger partial charge is 0.429 e. The summed E-state index contributed by atoms with van der Waals surface area (Å²) < 4.78 is 7.44. The molecule has 0 spiro atoms. The van der Waals surface area contributed by atoms with Crippen LogP contribution in [0.1, 0.15) is 5.69 Å². The smallest absolute Gasteiger partial charge is 0.271 e. The summed E-state index contributed by atoms with van der Waals surface area (Å²) >= 11 is 5.23. The summed E-state index contributed by atoms with van der Waals surface area (Å²) in [6.45, 7) is 2.50. The van der Waals surface area contributed by atoms with Gasteiger partial charge in [0.05, 0.1) is 12.2 Å². The van der Waals surface area contributed by atoms with Crippen LogP contribution >= 0.6 is 12.2 Å². The van der Waals surface area contributed by atoms with Crippen molar-refractivity contribution in [3.8, 4) is 0 Å². The van der Waals surface area contributed by atoms with E-state index in [0.29, 0.717) is 11.5 Å². The lowest BCUT2D eigenvalue weighted by Crippen LogP contribution is -2.08. The number of para-hydroxylation sites is 2. The van der Waals surface area contributed by atoms with Crippen molar-refractivity contribution in [1.82, 2.24) is 9.55 Å². The molecule has 0 aliphatic rings. The predicted octanol–water partition coefficient (Wildman–Crippen LogP) is 3.74. The molecule has 0 radical (unpaired) electrons. The van der Waals surface area contributed by atoms with Gasteiger partial charge >= 0.3 is 0 Å². The normalized spacial score (nSPS) is 10.8. The van der Waals surface area contributed by atoms with E-state index in [1.54, 1.807) is 0 Å². The lowest BCUT2D eigenvalue weighted by Gasteiger charge is -2.07.